The molecule has 0 aromatic heterocycles. The van der Waals surface area contributed by atoms with Gasteiger partial charge in [0.25, 0.3) is 5.91 Å². The summed E-state index contributed by atoms with van der Waals surface area (Å²) >= 11 is 5.94. The lowest BCUT2D eigenvalue weighted by Crippen LogP contribution is -2.39. The largest absolute Gasteiger partial charge is 0.340 e. The van der Waals surface area contributed by atoms with Crippen molar-refractivity contribution in [2.45, 2.75) is 12.3 Å². The molecule has 4 rings (SSSR count). The predicted molar refractivity (Wildman–Crippen MR) is 123 cm³/mol. The molecule has 31 heavy (non-hydrogen) atoms. The van der Waals surface area contributed by atoms with E-state index in [-0.39, 0.29) is 17.7 Å². The van der Waals surface area contributed by atoms with Gasteiger partial charge in [-0.25, -0.2) is 0 Å². The van der Waals surface area contributed by atoms with E-state index in [0.717, 1.165) is 17.5 Å². The molecule has 5 heteroatoms. The van der Waals surface area contributed by atoms with Crippen LogP contribution in [-0.4, -0.2) is 47.8 Å². The second-order valence-electron chi connectivity index (χ2n) is 7.73. The van der Waals surface area contributed by atoms with E-state index in [0.29, 0.717) is 36.8 Å². The Labute approximate surface area is 188 Å². The van der Waals surface area contributed by atoms with Gasteiger partial charge in [0.05, 0.1) is 5.92 Å². The van der Waals surface area contributed by atoms with E-state index in [1.165, 1.54) is 0 Å². The molecular formula is C26H25ClN2O2. The summed E-state index contributed by atoms with van der Waals surface area (Å²) in [4.78, 5) is 30.3. The molecule has 1 saturated heterocycles. The zero-order chi connectivity index (χ0) is 21.6. The van der Waals surface area contributed by atoms with Crippen LogP contribution in [0.2, 0.25) is 5.02 Å². The smallest absolute Gasteiger partial charge is 0.253 e. The molecule has 1 aliphatic heterocycles. The van der Waals surface area contributed by atoms with E-state index in [1.807, 2.05) is 70.5 Å². The van der Waals surface area contributed by atoms with Gasteiger partial charge in [-0.15, -0.1) is 0 Å². The fourth-order valence-electron chi connectivity index (χ4n) is 4.07. The van der Waals surface area contributed by atoms with Gasteiger partial charge in [0, 0.05) is 36.8 Å². The van der Waals surface area contributed by atoms with Gasteiger partial charge in [0.15, 0.2) is 0 Å². The van der Waals surface area contributed by atoms with E-state index in [4.69, 9.17) is 11.6 Å². The van der Waals surface area contributed by atoms with Crippen molar-refractivity contribution in [1.82, 2.24) is 9.80 Å². The van der Waals surface area contributed by atoms with Crippen molar-refractivity contribution in [3.05, 3.63) is 107 Å². The van der Waals surface area contributed by atoms with Gasteiger partial charge in [-0.2, -0.15) is 0 Å². The Morgan fingerprint density at radius 2 is 1.19 bits per heavy atom. The van der Waals surface area contributed by atoms with E-state index in [2.05, 4.69) is 0 Å². The molecule has 1 fully saturated rings. The van der Waals surface area contributed by atoms with Gasteiger partial charge in [-0.1, -0.05) is 72.3 Å². The number of carbonyl (C=O) groups excluding carboxylic acids is 2. The monoisotopic (exact) mass is 432 g/mol. The van der Waals surface area contributed by atoms with Crippen LogP contribution < -0.4 is 0 Å². The Balaban J connectivity index is 1.51. The SMILES string of the molecule is O=C(c1ccc(Cl)cc1)N1CCCN(C(=O)C(c2ccccc2)c2ccccc2)CC1. The number of hydrogen-bond donors (Lipinski definition) is 0. The summed E-state index contributed by atoms with van der Waals surface area (Å²) in [5.74, 6) is -0.284. The van der Waals surface area contributed by atoms with Crippen molar-refractivity contribution < 1.29 is 9.59 Å². The Kier molecular flexibility index (Phi) is 6.68. The van der Waals surface area contributed by atoms with Crippen molar-refractivity contribution in [3.63, 3.8) is 0 Å². The molecule has 0 N–H and O–H groups in total. The van der Waals surface area contributed by atoms with Crippen molar-refractivity contribution in [3.8, 4) is 0 Å². The van der Waals surface area contributed by atoms with E-state index >= 15 is 0 Å². The molecule has 0 saturated carbocycles. The lowest BCUT2D eigenvalue weighted by Gasteiger charge is -2.27. The summed E-state index contributed by atoms with van der Waals surface area (Å²) in [6.07, 6.45) is 0.751. The highest BCUT2D eigenvalue weighted by Gasteiger charge is 2.29. The molecule has 0 unspecified atom stereocenters. The van der Waals surface area contributed by atoms with Gasteiger partial charge in [0.1, 0.15) is 0 Å². The highest BCUT2D eigenvalue weighted by molar-refractivity contribution is 6.30. The maximum Gasteiger partial charge on any atom is 0.253 e. The van der Waals surface area contributed by atoms with Gasteiger partial charge in [-0.05, 0) is 41.8 Å². The average molecular weight is 433 g/mol. The van der Waals surface area contributed by atoms with Crippen molar-refractivity contribution in [1.29, 1.82) is 0 Å². The molecule has 0 aliphatic carbocycles. The number of amides is 2. The second kappa shape index (κ2) is 9.80. The maximum atomic E-state index is 13.6. The zero-order valence-electron chi connectivity index (χ0n) is 17.3. The number of hydrogen-bond acceptors (Lipinski definition) is 2. The zero-order valence-corrected chi connectivity index (χ0v) is 18.0. The van der Waals surface area contributed by atoms with Crippen LogP contribution >= 0.6 is 11.6 Å². The first-order valence-corrected chi connectivity index (χ1v) is 10.9. The minimum Gasteiger partial charge on any atom is -0.340 e. The summed E-state index contributed by atoms with van der Waals surface area (Å²) in [6.45, 7) is 2.31. The fourth-order valence-corrected chi connectivity index (χ4v) is 4.19. The van der Waals surface area contributed by atoms with Gasteiger partial charge < -0.3 is 9.80 Å². The Morgan fingerprint density at radius 1 is 0.677 bits per heavy atom. The minimum atomic E-state index is -0.346. The third-order valence-electron chi connectivity index (χ3n) is 5.70. The van der Waals surface area contributed by atoms with Crippen LogP contribution in [0.4, 0.5) is 0 Å². The van der Waals surface area contributed by atoms with Gasteiger partial charge in [-0.3, -0.25) is 9.59 Å². The molecule has 2 amide bonds. The molecule has 0 spiro atoms. The molecule has 1 aliphatic rings. The van der Waals surface area contributed by atoms with E-state index in [1.54, 1.807) is 24.3 Å². The third-order valence-corrected chi connectivity index (χ3v) is 5.95. The molecule has 158 valence electrons. The molecule has 0 bridgehead atoms. The molecule has 3 aromatic carbocycles. The van der Waals surface area contributed by atoms with Crippen molar-refractivity contribution in [2.75, 3.05) is 26.2 Å². The first-order chi connectivity index (χ1) is 15.1. The lowest BCUT2D eigenvalue weighted by molar-refractivity contribution is -0.131. The van der Waals surface area contributed by atoms with Gasteiger partial charge in [0.2, 0.25) is 5.91 Å². The van der Waals surface area contributed by atoms with Crippen LogP contribution in [0.25, 0.3) is 0 Å². The lowest BCUT2D eigenvalue weighted by atomic mass is 9.90. The molecule has 0 radical (unpaired) electrons. The number of benzene rings is 3. The third kappa shape index (κ3) is 4.97. The first kappa shape index (κ1) is 21.1. The summed E-state index contributed by atoms with van der Waals surface area (Å²) in [5.41, 5.74) is 2.59. The molecule has 3 aromatic rings. The fraction of sp³-hybridized carbons (Fsp3) is 0.231. The Bertz CT molecular complexity index is 983. The molecule has 0 atom stereocenters. The quantitative estimate of drug-likeness (QED) is 0.591. The highest BCUT2D eigenvalue weighted by atomic mass is 35.5. The normalized spacial score (nSPS) is 14.4. The molecule has 4 nitrogen and oxygen atoms in total. The van der Waals surface area contributed by atoms with E-state index < -0.39 is 0 Å². The number of carbonyl (C=O) groups is 2. The highest BCUT2D eigenvalue weighted by Crippen LogP contribution is 2.27. The van der Waals surface area contributed by atoms with Crippen LogP contribution in [0.1, 0.15) is 33.8 Å². The second-order valence-corrected chi connectivity index (χ2v) is 8.17. The van der Waals surface area contributed by atoms with Crippen molar-refractivity contribution >= 4 is 23.4 Å². The Hall–Kier alpha value is -3.11. The van der Waals surface area contributed by atoms with Gasteiger partial charge >= 0.3 is 0 Å². The van der Waals surface area contributed by atoms with E-state index in [9.17, 15) is 9.59 Å². The van der Waals surface area contributed by atoms with Crippen molar-refractivity contribution in [2.24, 2.45) is 0 Å². The van der Waals surface area contributed by atoms with Crippen LogP contribution in [-0.2, 0) is 4.79 Å². The number of rotatable bonds is 4. The summed E-state index contributed by atoms with van der Waals surface area (Å²) < 4.78 is 0. The minimum absolute atomic E-state index is 0.0198. The predicted octanol–water partition coefficient (Wildman–Crippen LogP) is 4.85. The summed E-state index contributed by atoms with van der Waals surface area (Å²) in [5, 5.41) is 0.608. The maximum absolute atomic E-state index is 13.6. The first-order valence-electron chi connectivity index (χ1n) is 10.6. The molecule has 1 heterocycles. The number of nitrogens with zero attached hydrogens (tertiary/aromatic N) is 2. The molecular weight excluding hydrogens is 408 g/mol. The number of halogens is 1. The Morgan fingerprint density at radius 3 is 1.77 bits per heavy atom. The van der Waals surface area contributed by atoms with Crippen LogP contribution in [0.3, 0.4) is 0 Å². The van der Waals surface area contributed by atoms with Crippen LogP contribution in [0.15, 0.2) is 84.9 Å². The topological polar surface area (TPSA) is 40.6 Å². The standard InChI is InChI=1S/C26H25ClN2O2/c27-23-14-12-22(13-15-23)25(30)28-16-7-17-29(19-18-28)26(31)24(20-8-3-1-4-9-20)21-10-5-2-6-11-21/h1-6,8-15,24H,7,16-19H2. The van der Waals surface area contributed by atoms with Crippen LogP contribution in [0, 0.1) is 0 Å². The summed E-state index contributed by atoms with van der Waals surface area (Å²) in [7, 11) is 0. The summed E-state index contributed by atoms with van der Waals surface area (Å²) in [6, 6.07) is 26.8. The van der Waals surface area contributed by atoms with Crippen LogP contribution in [0.5, 0.6) is 0 Å². The average Bonchev–Trinajstić information content (AvgIpc) is 3.07.